The molecule has 1 aliphatic heterocycles. The van der Waals surface area contributed by atoms with E-state index in [4.69, 9.17) is 5.73 Å². The lowest BCUT2D eigenvalue weighted by Crippen LogP contribution is -2.51. The molecule has 3 heteroatoms. The summed E-state index contributed by atoms with van der Waals surface area (Å²) in [5.74, 6) is 1.68. The van der Waals surface area contributed by atoms with Gasteiger partial charge in [0, 0.05) is 38.8 Å². The second-order valence-electron chi connectivity index (χ2n) is 7.32. The van der Waals surface area contributed by atoms with Gasteiger partial charge in [0.1, 0.15) is 0 Å². The summed E-state index contributed by atoms with van der Waals surface area (Å²) in [6, 6.07) is 0.920. The first-order valence-electron chi connectivity index (χ1n) is 9.03. The maximum atomic E-state index is 5.98. The average Bonchev–Trinajstić information content (AvgIpc) is 3.03. The van der Waals surface area contributed by atoms with Crippen LogP contribution in [0.1, 0.15) is 51.4 Å². The molecule has 2 atom stereocenters. The Hall–Kier alpha value is -0.120. The van der Waals surface area contributed by atoms with Crippen molar-refractivity contribution in [3.63, 3.8) is 0 Å². The van der Waals surface area contributed by atoms with Crippen molar-refractivity contribution in [1.82, 2.24) is 9.80 Å². The molecule has 2 N–H and O–H groups in total. The molecule has 0 aromatic heterocycles. The van der Waals surface area contributed by atoms with Gasteiger partial charge in [-0.25, -0.2) is 0 Å². The lowest BCUT2D eigenvalue weighted by atomic mass is 9.79. The van der Waals surface area contributed by atoms with Gasteiger partial charge < -0.3 is 10.6 Å². The largest absolute Gasteiger partial charge is 0.330 e. The van der Waals surface area contributed by atoms with Crippen molar-refractivity contribution in [2.24, 2.45) is 17.6 Å². The maximum Gasteiger partial charge on any atom is 0.0113 e. The van der Waals surface area contributed by atoms with Crippen LogP contribution in [-0.4, -0.2) is 55.1 Å². The van der Waals surface area contributed by atoms with Crippen molar-refractivity contribution in [3.8, 4) is 0 Å². The van der Waals surface area contributed by atoms with Crippen molar-refractivity contribution in [1.29, 1.82) is 0 Å². The van der Waals surface area contributed by atoms with E-state index in [9.17, 15) is 0 Å². The molecule has 3 fully saturated rings. The molecule has 20 heavy (non-hydrogen) atoms. The lowest BCUT2D eigenvalue weighted by molar-refractivity contribution is 0.0717. The van der Waals surface area contributed by atoms with E-state index in [0.717, 1.165) is 24.4 Å². The second kappa shape index (κ2) is 7.24. The first kappa shape index (κ1) is 14.8. The highest BCUT2D eigenvalue weighted by atomic mass is 15.3. The van der Waals surface area contributed by atoms with Crippen LogP contribution in [0.5, 0.6) is 0 Å². The number of nitrogens with zero attached hydrogens (tertiary/aromatic N) is 2. The molecule has 0 aromatic carbocycles. The fourth-order valence-corrected chi connectivity index (χ4v) is 4.75. The predicted molar refractivity (Wildman–Crippen MR) is 84.8 cm³/mol. The highest BCUT2D eigenvalue weighted by Gasteiger charge is 2.29. The Kier molecular flexibility index (Phi) is 5.36. The molecule has 2 saturated carbocycles. The first-order chi connectivity index (χ1) is 9.86. The molecule has 3 aliphatic rings. The topological polar surface area (TPSA) is 32.5 Å². The molecule has 3 rings (SSSR count). The Morgan fingerprint density at radius 2 is 1.35 bits per heavy atom. The van der Waals surface area contributed by atoms with Crippen LogP contribution in [0.3, 0.4) is 0 Å². The molecule has 0 radical (unpaired) electrons. The third-order valence-electron chi connectivity index (χ3n) is 6.11. The molecule has 0 bridgehead atoms. The van der Waals surface area contributed by atoms with E-state index in [1.165, 1.54) is 84.1 Å². The number of piperazine rings is 1. The summed E-state index contributed by atoms with van der Waals surface area (Å²) in [5, 5.41) is 0. The third-order valence-corrected chi connectivity index (χ3v) is 6.11. The predicted octanol–water partition coefficient (Wildman–Crippen LogP) is 2.31. The summed E-state index contributed by atoms with van der Waals surface area (Å²) in [4.78, 5) is 5.49. The minimum Gasteiger partial charge on any atom is -0.330 e. The molecule has 0 aromatic rings. The van der Waals surface area contributed by atoms with Crippen molar-refractivity contribution in [2.45, 2.75) is 57.4 Å². The van der Waals surface area contributed by atoms with Gasteiger partial charge in [-0.2, -0.15) is 0 Å². The van der Waals surface area contributed by atoms with E-state index in [1.807, 2.05) is 0 Å². The summed E-state index contributed by atoms with van der Waals surface area (Å²) in [7, 11) is 0. The van der Waals surface area contributed by atoms with Crippen LogP contribution in [-0.2, 0) is 0 Å². The molecule has 1 heterocycles. The van der Waals surface area contributed by atoms with Crippen molar-refractivity contribution in [3.05, 3.63) is 0 Å². The van der Waals surface area contributed by atoms with Gasteiger partial charge in [-0.15, -0.1) is 0 Å². The van der Waals surface area contributed by atoms with Gasteiger partial charge >= 0.3 is 0 Å². The molecule has 2 aliphatic carbocycles. The zero-order valence-electron chi connectivity index (χ0n) is 13.1. The first-order valence-corrected chi connectivity index (χ1v) is 9.03. The van der Waals surface area contributed by atoms with Crippen LogP contribution in [0, 0.1) is 11.8 Å². The van der Waals surface area contributed by atoms with Gasteiger partial charge in [0.2, 0.25) is 0 Å². The van der Waals surface area contributed by atoms with Gasteiger partial charge in [0.05, 0.1) is 0 Å². The van der Waals surface area contributed by atoms with Crippen molar-refractivity contribution in [2.75, 3.05) is 39.3 Å². The molecule has 0 spiro atoms. The standard InChI is InChI=1S/C17H33N3/c18-13-15-5-1-2-6-16(15)14-19-9-11-20(12-10-19)17-7-3-4-8-17/h15-17H,1-14,18H2. The molecule has 1 saturated heterocycles. The van der Waals surface area contributed by atoms with E-state index in [2.05, 4.69) is 9.80 Å². The zero-order valence-corrected chi connectivity index (χ0v) is 13.1. The van der Waals surface area contributed by atoms with Crippen LogP contribution in [0.25, 0.3) is 0 Å². The number of rotatable bonds is 4. The fraction of sp³-hybridized carbons (Fsp3) is 1.00. The van der Waals surface area contributed by atoms with Crippen LogP contribution in [0.4, 0.5) is 0 Å². The van der Waals surface area contributed by atoms with E-state index >= 15 is 0 Å². The normalized spacial score (nSPS) is 34.6. The highest BCUT2D eigenvalue weighted by Crippen LogP contribution is 2.30. The number of nitrogens with two attached hydrogens (primary N) is 1. The summed E-state index contributed by atoms with van der Waals surface area (Å²) in [6.07, 6.45) is 11.5. The molecule has 2 unspecified atom stereocenters. The molecule has 0 amide bonds. The van der Waals surface area contributed by atoms with E-state index < -0.39 is 0 Å². The van der Waals surface area contributed by atoms with Gasteiger partial charge in [-0.3, -0.25) is 4.90 Å². The smallest absolute Gasteiger partial charge is 0.0113 e. The second-order valence-corrected chi connectivity index (χ2v) is 7.32. The third kappa shape index (κ3) is 3.55. The van der Waals surface area contributed by atoms with Crippen LogP contribution in [0.15, 0.2) is 0 Å². The van der Waals surface area contributed by atoms with Crippen LogP contribution < -0.4 is 5.73 Å². The van der Waals surface area contributed by atoms with Crippen molar-refractivity contribution < 1.29 is 0 Å². The van der Waals surface area contributed by atoms with Crippen molar-refractivity contribution >= 4 is 0 Å². The molecular weight excluding hydrogens is 246 g/mol. The average molecular weight is 279 g/mol. The van der Waals surface area contributed by atoms with E-state index in [-0.39, 0.29) is 0 Å². The summed E-state index contributed by atoms with van der Waals surface area (Å²) >= 11 is 0. The van der Waals surface area contributed by atoms with Gasteiger partial charge in [0.15, 0.2) is 0 Å². The Labute approximate surface area is 124 Å². The Morgan fingerprint density at radius 1 is 0.750 bits per heavy atom. The van der Waals surface area contributed by atoms with E-state index in [1.54, 1.807) is 0 Å². The summed E-state index contributed by atoms with van der Waals surface area (Å²) < 4.78 is 0. The number of hydrogen-bond acceptors (Lipinski definition) is 3. The monoisotopic (exact) mass is 279 g/mol. The summed E-state index contributed by atoms with van der Waals surface area (Å²) in [6.45, 7) is 7.44. The molecule has 116 valence electrons. The molecule has 3 nitrogen and oxygen atoms in total. The van der Waals surface area contributed by atoms with Gasteiger partial charge in [0.25, 0.3) is 0 Å². The van der Waals surface area contributed by atoms with Crippen LogP contribution >= 0.6 is 0 Å². The Bertz CT molecular complexity index is 280. The summed E-state index contributed by atoms with van der Waals surface area (Å²) in [5.41, 5.74) is 5.98. The van der Waals surface area contributed by atoms with Crippen LogP contribution in [0.2, 0.25) is 0 Å². The van der Waals surface area contributed by atoms with Gasteiger partial charge in [-0.05, 0) is 44.1 Å². The van der Waals surface area contributed by atoms with E-state index in [0.29, 0.717) is 0 Å². The maximum absolute atomic E-state index is 5.98. The number of hydrogen-bond donors (Lipinski definition) is 1. The Balaban J connectivity index is 1.43. The highest BCUT2D eigenvalue weighted by molar-refractivity contribution is 4.84. The SMILES string of the molecule is NCC1CCCCC1CN1CCN(C2CCCC2)CC1. The zero-order chi connectivity index (χ0) is 13.8. The molecular formula is C17H33N3. The lowest BCUT2D eigenvalue weighted by Gasteiger charge is -2.41. The minimum atomic E-state index is 0.802. The minimum absolute atomic E-state index is 0.802. The Morgan fingerprint density at radius 3 is 2.00 bits per heavy atom. The van der Waals surface area contributed by atoms with Gasteiger partial charge in [-0.1, -0.05) is 25.7 Å². The fourth-order valence-electron chi connectivity index (χ4n) is 4.75. The quantitative estimate of drug-likeness (QED) is 0.857.